The Morgan fingerprint density at radius 1 is 1.30 bits per heavy atom. The van der Waals surface area contributed by atoms with E-state index in [2.05, 4.69) is 10.3 Å². The Morgan fingerprint density at radius 2 is 2.10 bits per heavy atom. The van der Waals surface area contributed by atoms with Crippen molar-refractivity contribution >= 4 is 5.91 Å². The van der Waals surface area contributed by atoms with E-state index in [1.165, 1.54) is 12.8 Å². The predicted molar refractivity (Wildman–Crippen MR) is 78.1 cm³/mol. The van der Waals surface area contributed by atoms with Crippen molar-refractivity contribution in [3.8, 4) is 0 Å². The first-order chi connectivity index (χ1) is 9.79. The third-order valence-electron chi connectivity index (χ3n) is 4.20. The molecule has 2 unspecified atom stereocenters. The zero-order valence-electron chi connectivity index (χ0n) is 11.9. The first-order valence-electron chi connectivity index (χ1n) is 7.57. The fourth-order valence-electron chi connectivity index (χ4n) is 2.91. The van der Waals surface area contributed by atoms with Crippen LogP contribution in [-0.4, -0.2) is 29.1 Å². The molecule has 4 heteroatoms. The molecule has 2 N–H and O–H groups in total. The van der Waals surface area contributed by atoms with E-state index in [-0.39, 0.29) is 12.5 Å². The van der Waals surface area contributed by atoms with Gasteiger partial charge in [0.1, 0.15) is 0 Å². The number of carbonyl (C=O) groups excluding carboxylic acids is 1. The van der Waals surface area contributed by atoms with Crippen LogP contribution in [0.4, 0.5) is 0 Å². The van der Waals surface area contributed by atoms with Crippen molar-refractivity contribution in [2.45, 2.75) is 38.5 Å². The molecule has 0 radical (unpaired) electrons. The molecule has 1 heterocycles. The maximum absolute atomic E-state index is 11.9. The molecule has 20 heavy (non-hydrogen) atoms. The Hall–Kier alpha value is -1.42. The maximum atomic E-state index is 11.9. The maximum Gasteiger partial charge on any atom is 0.220 e. The number of carbonyl (C=O) groups is 1. The number of aliphatic hydroxyl groups excluding tert-OH is 1. The first-order valence-corrected chi connectivity index (χ1v) is 7.57. The lowest BCUT2D eigenvalue weighted by atomic mass is 9.79. The molecule has 1 aliphatic rings. The standard InChI is InChI=1S/C16H24N2O2/c19-12-14-6-2-1-5-13(14)11-18-16(20)9-8-15-7-3-4-10-17-15/h3-4,7,10,13-14,19H,1-2,5-6,8-9,11-12H2,(H,18,20). The van der Waals surface area contributed by atoms with Crippen LogP contribution < -0.4 is 5.32 Å². The molecule has 1 aliphatic carbocycles. The van der Waals surface area contributed by atoms with E-state index >= 15 is 0 Å². The summed E-state index contributed by atoms with van der Waals surface area (Å²) in [6, 6.07) is 5.76. The van der Waals surface area contributed by atoms with Crippen molar-refractivity contribution in [2.75, 3.05) is 13.2 Å². The number of nitrogens with zero attached hydrogens (tertiary/aromatic N) is 1. The minimum Gasteiger partial charge on any atom is -0.396 e. The highest BCUT2D eigenvalue weighted by molar-refractivity contribution is 5.76. The molecule has 1 aromatic heterocycles. The summed E-state index contributed by atoms with van der Waals surface area (Å²) >= 11 is 0. The lowest BCUT2D eigenvalue weighted by Gasteiger charge is -2.30. The third kappa shape index (κ3) is 4.60. The average molecular weight is 276 g/mol. The number of nitrogens with one attached hydrogen (secondary N) is 1. The van der Waals surface area contributed by atoms with E-state index in [0.717, 1.165) is 18.5 Å². The average Bonchev–Trinajstić information content (AvgIpc) is 2.52. The van der Waals surface area contributed by atoms with Crippen LogP contribution >= 0.6 is 0 Å². The fraction of sp³-hybridized carbons (Fsp3) is 0.625. The van der Waals surface area contributed by atoms with Crippen LogP contribution in [0.25, 0.3) is 0 Å². The van der Waals surface area contributed by atoms with Gasteiger partial charge in [0.05, 0.1) is 0 Å². The molecule has 0 aliphatic heterocycles. The smallest absolute Gasteiger partial charge is 0.220 e. The van der Waals surface area contributed by atoms with Gasteiger partial charge in [-0.15, -0.1) is 0 Å². The molecular weight excluding hydrogens is 252 g/mol. The van der Waals surface area contributed by atoms with Gasteiger partial charge in [-0.1, -0.05) is 18.9 Å². The molecule has 0 saturated heterocycles. The Labute approximate surface area is 120 Å². The van der Waals surface area contributed by atoms with E-state index in [4.69, 9.17) is 0 Å². The van der Waals surface area contributed by atoms with Gasteiger partial charge in [0.2, 0.25) is 5.91 Å². The minimum atomic E-state index is 0.0814. The summed E-state index contributed by atoms with van der Waals surface area (Å²) in [6.45, 7) is 0.945. The topological polar surface area (TPSA) is 62.2 Å². The number of rotatable bonds is 6. The summed E-state index contributed by atoms with van der Waals surface area (Å²) in [4.78, 5) is 16.1. The Balaban J connectivity index is 1.69. The molecule has 110 valence electrons. The zero-order chi connectivity index (χ0) is 14.2. The van der Waals surface area contributed by atoms with Crippen LogP contribution in [0.15, 0.2) is 24.4 Å². The van der Waals surface area contributed by atoms with Gasteiger partial charge >= 0.3 is 0 Å². The van der Waals surface area contributed by atoms with Gasteiger partial charge in [0, 0.05) is 31.5 Å². The van der Waals surface area contributed by atoms with Gasteiger partial charge in [-0.05, 0) is 43.2 Å². The second-order valence-corrected chi connectivity index (χ2v) is 5.61. The zero-order valence-corrected chi connectivity index (χ0v) is 11.9. The molecule has 2 atom stereocenters. The molecular formula is C16H24N2O2. The van der Waals surface area contributed by atoms with E-state index in [9.17, 15) is 9.90 Å². The van der Waals surface area contributed by atoms with Crippen LogP contribution in [0.5, 0.6) is 0 Å². The molecule has 1 amide bonds. The van der Waals surface area contributed by atoms with Crippen molar-refractivity contribution < 1.29 is 9.90 Å². The number of hydrogen-bond donors (Lipinski definition) is 2. The van der Waals surface area contributed by atoms with E-state index in [1.807, 2.05) is 18.2 Å². The quantitative estimate of drug-likeness (QED) is 0.834. The highest BCUT2D eigenvalue weighted by Gasteiger charge is 2.24. The van der Waals surface area contributed by atoms with E-state index < -0.39 is 0 Å². The van der Waals surface area contributed by atoms with Crippen LogP contribution in [0, 0.1) is 11.8 Å². The number of amides is 1. The second-order valence-electron chi connectivity index (χ2n) is 5.61. The summed E-state index contributed by atoms with van der Waals surface area (Å²) in [7, 11) is 0. The molecule has 2 rings (SSSR count). The van der Waals surface area contributed by atoms with Crippen LogP contribution in [0.3, 0.4) is 0 Å². The summed E-state index contributed by atoms with van der Waals surface area (Å²) < 4.78 is 0. The largest absolute Gasteiger partial charge is 0.396 e. The summed E-state index contributed by atoms with van der Waals surface area (Å²) in [5, 5.41) is 12.4. The SMILES string of the molecule is O=C(CCc1ccccn1)NCC1CCCCC1CO. The van der Waals surface area contributed by atoms with Crippen molar-refractivity contribution in [3.63, 3.8) is 0 Å². The number of aromatic nitrogens is 1. The molecule has 0 aromatic carbocycles. The Bertz CT molecular complexity index is 408. The fourth-order valence-corrected chi connectivity index (χ4v) is 2.91. The van der Waals surface area contributed by atoms with Crippen LogP contribution in [-0.2, 0) is 11.2 Å². The van der Waals surface area contributed by atoms with Gasteiger partial charge < -0.3 is 10.4 Å². The van der Waals surface area contributed by atoms with Gasteiger partial charge in [0.15, 0.2) is 0 Å². The van der Waals surface area contributed by atoms with Gasteiger partial charge in [-0.3, -0.25) is 9.78 Å². The lowest BCUT2D eigenvalue weighted by Crippen LogP contribution is -2.35. The number of pyridine rings is 1. The summed E-state index contributed by atoms with van der Waals surface area (Å²) in [6.07, 6.45) is 7.53. The van der Waals surface area contributed by atoms with Crippen molar-refractivity contribution in [2.24, 2.45) is 11.8 Å². The van der Waals surface area contributed by atoms with Crippen LogP contribution in [0.2, 0.25) is 0 Å². The van der Waals surface area contributed by atoms with Gasteiger partial charge in [-0.2, -0.15) is 0 Å². The Kier molecular flexibility index (Phi) is 5.99. The highest BCUT2D eigenvalue weighted by Crippen LogP contribution is 2.29. The van der Waals surface area contributed by atoms with E-state index in [0.29, 0.717) is 31.2 Å². The first kappa shape index (κ1) is 15.0. The van der Waals surface area contributed by atoms with Crippen molar-refractivity contribution in [3.05, 3.63) is 30.1 Å². The number of hydrogen-bond acceptors (Lipinski definition) is 3. The number of aliphatic hydroxyl groups is 1. The van der Waals surface area contributed by atoms with Crippen molar-refractivity contribution in [1.29, 1.82) is 0 Å². The number of aryl methyl sites for hydroxylation is 1. The van der Waals surface area contributed by atoms with Gasteiger partial charge in [0.25, 0.3) is 0 Å². The molecule has 4 nitrogen and oxygen atoms in total. The normalized spacial score (nSPS) is 22.4. The second kappa shape index (κ2) is 8.00. The minimum absolute atomic E-state index is 0.0814. The molecule has 1 fully saturated rings. The molecule has 0 spiro atoms. The molecule has 1 aromatic rings. The Morgan fingerprint density at radius 3 is 2.80 bits per heavy atom. The summed E-state index contributed by atoms with van der Waals surface area (Å²) in [5.41, 5.74) is 0.952. The predicted octanol–water partition coefficient (Wildman–Crippen LogP) is 1.93. The van der Waals surface area contributed by atoms with Crippen LogP contribution in [0.1, 0.15) is 37.8 Å². The van der Waals surface area contributed by atoms with E-state index in [1.54, 1.807) is 6.20 Å². The van der Waals surface area contributed by atoms with Gasteiger partial charge in [-0.25, -0.2) is 0 Å². The monoisotopic (exact) mass is 276 g/mol. The van der Waals surface area contributed by atoms with Crippen molar-refractivity contribution in [1.82, 2.24) is 10.3 Å². The lowest BCUT2D eigenvalue weighted by molar-refractivity contribution is -0.121. The summed E-state index contributed by atoms with van der Waals surface area (Å²) in [5.74, 6) is 0.880. The molecule has 1 saturated carbocycles. The highest BCUT2D eigenvalue weighted by atomic mass is 16.3. The molecule has 0 bridgehead atoms. The third-order valence-corrected chi connectivity index (χ3v) is 4.20.